The van der Waals surface area contributed by atoms with Crippen molar-refractivity contribution in [2.24, 2.45) is 0 Å². The summed E-state index contributed by atoms with van der Waals surface area (Å²) in [6.45, 7) is -0.00873. The Balaban J connectivity index is 1.65. The summed E-state index contributed by atoms with van der Waals surface area (Å²) in [5.74, 6) is -0.417. The number of rotatable bonds is 6. The van der Waals surface area contributed by atoms with Crippen molar-refractivity contribution in [1.29, 1.82) is 0 Å². The van der Waals surface area contributed by atoms with Gasteiger partial charge in [0.1, 0.15) is 24.6 Å². The second-order valence-electron chi connectivity index (χ2n) is 6.52. The van der Waals surface area contributed by atoms with Crippen molar-refractivity contribution in [3.8, 4) is 5.75 Å². The Morgan fingerprint density at radius 2 is 1.89 bits per heavy atom. The average molecular weight is 374 g/mol. The van der Waals surface area contributed by atoms with Gasteiger partial charge in [-0.05, 0) is 35.4 Å². The van der Waals surface area contributed by atoms with Crippen LogP contribution < -0.4 is 4.74 Å². The third kappa shape index (κ3) is 4.64. The molecule has 2 aromatic rings. The number of ether oxygens (including phenoxy) is 2. The lowest BCUT2D eigenvalue weighted by Gasteiger charge is -2.36. The Bertz CT molecular complexity index is 774. The van der Waals surface area contributed by atoms with E-state index in [1.807, 2.05) is 0 Å². The van der Waals surface area contributed by atoms with Crippen LogP contribution in [0.15, 0.2) is 48.5 Å². The molecular formula is C20H22O7. The van der Waals surface area contributed by atoms with Crippen LogP contribution in [0.4, 0.5) is 0 Å². The molecule has 4 N–H and O–H groups in total. The summed E-state index contributed by atoms with van der Waals surface area (Å²) in [7, 11) is 0. The first kappa shape index (κ1) is 19.3. The lowest BCUT2D eigenvalue weighted by Crippen LogP contribution is -2.44. The number of carbonyl (C=O) groups is 1. The first-order valence-corrected chi connectivity index (χ1v) is 8.65. The molecule has 0 saturated carbocycles. The lowest BCUT2D eigenvalue weighted by molar-refractivity contribution is -0.179. The van der Waals surface area contributed by atoms with E-state index in [1.165, 1.54) is 6.07 Å². The van der Waals surface area contributed by atoms with Crippen LogP contribution in [-0.4, -0.2) is 51.3 Å². The molecule has 7 nitrogen and oxygen atoms in total. The predicted octanol–water partition coefficient (Wildman–Crippen LogP) is 1.51. The van der Waals surface area contributed by atoms with Gasteiger partial charge in [0.25, 0.3) is 0 Å². The molecule has 1 aliphatic rings. The first-order valence-electron chi connectivity index (χ1n) is 8.65. The van der Waals surface area contributed by atoms with Crippen molar-refractivity contribution in [2.75, 3.05) is 6.61 Å². The van der Waals surface area contributed by atoms with Gasteiger partial charge in [-0.2, -0.15) is 0 Å². The maximum atomic E-state index is 11.0. The molecule has 0 radical (unpaired) electrons. The molecule has 1 heterocycles. The van der Waals surface area contributed by atoms with Crippen molar-refractivity contribution in [3.63, 3.8) is 0 Å². The third-order valence-electron chi connectivity index (χ3n) is 4.54. The van der Waals surface area contributed by atoms with Gasteiger partial charge in [-0.25, -0.2) is 4.79 Å². The van der Waals surface area contributed by atoms with E-state index < -0.39 is 30.4 Å². The van der Waals surface area contributed by atoms with E-state index in [9.17, 15) is 20.1 Å². The number of aliphatic hydroxyl groups is 3. The van der Waals surface area contributed by atoms with Gasteiger partial charge >= 0.3 is 5.97 Å². The number of benzene rings is 2. The van der Waals surface area contributed by atoms with Gasteiger partial charge in [-0.3, -0.25) is 0 Å². The van der Waals surface area contributed by atoms with Crippen molar-refractivity contribution in [2.45, 2.75) is 37.4 Å². The van der Waals surface area contributed by atoms with Crippen LogP contribution in [0, 0.1) is 0 Å². The van der Waals surface area contributed by atoms with E-state index in [0.717, 1.165) is 5.56 Å². The Morgan fingerprint density at radius 1 is 1.15 bits per heavy atom. The predicted molar refractivity (Wildman–Crippen MR) is 95.5 cm³/mol. The summed E-state index contributed by atoms with van der Waals surface area (Å²) in [6.07, 6.45) is -3.10. The van der Waals surface area contributed by atoms with Crippen molar-refractivity contribution in [3.05, 3.63) is 65.2 Å². The summed E-state index contributed by atoms with van der Waals surface area (Å²) >= 11 is 0. The minimum Gasteiger partial charge on any atom is -0.489 e. The standard InChI is InChI=1S/C20H22O7/c21-10-16-9-17(22)18(23)19(27-16)13-4-6-15(7-5-13)26-11-12-2-1-3-14(8-12)20(24)25/h1-8,16-19,21-23H,9-11H2,(H,24,25)/t16?,17?,18?,19-/m1/s1. The number of carboxylic acid groups (broad SMARTS) is 1. The molecule has 0 spiro atoms. The molecule has 1 aliphatic heterocycles. The van der Waals surface area contributed by atoms with Crippen molar-refractivity contribution >= 4 is 5.97 Å². The molecule has 27 heavy (non-hydrogen) atoms. The molecular weight excluding hydrogens is 352 g/mol. The topological polar surface area (TPSA) is 116 Å². The van der Waals surface area contributed by atoms with Crippen LogP contribution in [0.1, 0.15) is 34.0 Å². The molecule has 144 valence electrons. The fraction of sp³-hybridized carbons (Fsp3) is 0.350. The fourth-order valence-corrected chi connectivity index (χ4v) is 3.06. The Kier molecular flexibility index (Phi) is 6.08. The molecule has 0 bridgehead atoms. The highest BCUT2D eigenvalue weighted by atomic mass is 16.5. The fourth-order valence-electron chi connectivity index (χ4n) is 3.06. The van der Waals surface area contributed by atoms with Gasteiger partial charge in [0.05, 0.1) is 24.4 Å². The number of hydrogen-bond donors (Lipinski definition) is 4. The van der Waals surface area contributed by atoms with Crippen LogP contribution in [0.25, 0.3) is 0 Å². The van der Waals surface area contributed by atoms with Crippen molar-refractivity contribution < 1.29 is 34.7 Å². The van der Waals surface area contributed by atoms with Crippen LogP contribution in [0.2, 0.25) is 0 Å². The zero-order chi connectivity index (χ0) is 19.4. The normalized spacial score (nSPS) is 25.1. The summed E-state index contributed by atoms with van der Waals surface area (Å²) in [5.41, 5.74) is 1.60. The highest BCUT2D eigenvalue weighted by molar-refractivity contribution is 5.87. The Labute approximate surface area is 156 Å². The van der Waals surface area contributed by atoms with E-state index in [4.69, 9.17) is 14.6 Å². The van der Waals surface area contributed by atoms with Gasteiger partial charge in [0.15, 0.2) is 0 Å². The highest BCUT2D eigenvalue weighted by Gasteiger charge is 2.37. The monoisotopic (exact) mass is 374 g/mol. The SMILES string of the molecule is O=C(O)c1cccc(COc2ccc([C@H]3OC(CO)CC(O)C3O)cc2)c1. The minimum atomic E-state index is -1.07. The van der Waals surface area contributed by atoms with Crippen LogP contribution in [-0.2, 0) is 11.3 Å². The summed E-state index contributed by atoms with van der Waals surface area (Å²) in [4.78, 5) is 11.0. The maximum Gasteiger partial charge on any atom is 0.335 e. The van der Waals surface area contributed by atoms with Gasteiger partial charge in [0, 0.05) is 6.42 Å². The van der Waals surface area contributed by atoms with E-state index in [0.29, 0.717) is 11.3 Å². The Hall–Kier alpha value is -2.45. The lowest BCUT2D eigenvalue weighted by atomic mass is 9.93. The molecule has 0 aliphatic carbocycles. The Morgan fingerprint density at radius 3 is 2.56 bits per heavy atom. The maximum absolute atomic E-state index is 11.0. The van der Waals surface area contributed by atoms with E-state index in [2.05, 4.69) is 0 Å². The largest absolute Gasteiger partial charge is 0.489 e. The van der Waals surface area contributed by atoms with Crippen LogP contribution in [0.5, 0.6) is 5.75 Å². The molecule has 3 unspecified atom stereocenters. The zero-order valence-corrected chi connectivity index (χ0v) is 14.6. The number of aromatic carboxylic acids is 1. The van der Waals surface area contributed by atoms with Gasteiger partial charge < -0.3 is 29.9 Å². The number of aliphatic hydroxyl groups excluding tert-OH is 3. The second kappa shape index (κ2) is 8.49. The van der Waals surface area contributed by atoms with E-state index >= 15 is 0 Å². The molecule has 2 aromatic carbocycles. The van der Waals surface area contributed by atoms with Gasteiger partial charge in [-0.15, -0.1) is 0 Å². The van der Waals surface area contributed by atoms with Crippen LogP contribution in [0.3, 0.4) is 0 Å². The second-order valence-corrected chi connectivity index (χ2v) is 6.52. The summed E-state index contributed by atoms with van der Waals surface area (Å²) in [5, 5.41) is 38.4. The molecule has 0 aromatic heterocycles. The quantitative estimate of drug-likeness (QED) is 0.605. The third-order valence-corrected chi connectivity index (χ3v) is 4.54. The molecule has 4 atom stereocenters. The smallest absolute Gasteiger partial charge is 0.335 e. The average Bonchev–Trinajstić information content (AvgIpc) is 2.69. The van der Waals surface area contributed by atoms with Crippen LogP contribution >= 0.6 is 0 Å². The number of carboxylic acids is 1. The summed E-state index contributed by atoms with van der Waals surface area (Å²) < 4.78 is 11.3. The molecule has 3 rings (SSSR count). The molecule has 7 heteroatoms. The van der Waals surface area contributed by atoms with Gasteiger partial charge in [0.2, 0.25) is 0 Å². The zero-order valence-electron chi connectivity index (χ0n) is 14.6. The first-order chi connectivity index (χ1) is 13.0. The van der Waals surface area contributed by atoms with Crippen molar-refractivity contribution in [1.82, 2.24) is 0 Å². The molecule has 0 amide bonds. The van der Waals surface area contributed by atoms with Gasteiger partial charge in [-0.1, -0.05) is 24.3 Å². The summed E-state index contributed by atoms with van der Waals surface area (Å²) in [6, 6.07) is 13.4. The molecule has 1 saturated heterocycles. The highest BCUT2D eigenvalue weighted by Crippen LogP contribution is 2.32. The molecule has 1 fully saturated rings. The number of hydrogen-bond acceptors (Lipinski definition) is 6. The minimum absolute atomic E-state index is 0.185. The van der Waals surface area contributed by atoms with E-state index in [1.54, 1.807) is 42.5 Å². The van der Waals surface area contributed by atoms with E-state index in [-0.39, 0.29) is 25.2 Å².